The second-order valence-electron chi connectivity index (χ2n) is 7.62. The minimum absolute atomic E-state index is 0.0159. The van der Waals surface area contributed by atoms with Gasteiger partial charge in [-0.2, -0.15) is 0 Å². The predicted octanol–water partition coefficient (Wildman–Crippen LogP) is 3.33. The Morgan fingerprint density at radius 1 is 1.18 bits per heavy atom. The second-order valence-corrected chi connectivity index (χ2v) is 7.62. The average molecular weight is 380 g/mol. The van der Waals surface area contributed by atoms with Crippen molar-refractivity contribution in [2.24, 2.45) is 5.92 Å². The van der Waals surface area contributed by atoms with Crippen molar-refractivity contribution < 1.29 is 14.3 Å². The number of carbonyl (C=O) groups excluding carboxylic acids is 2. The van der Waals surface area contributed by atoms with Gasteiger partial charge in [0.15, 0.2) is 6.61 Å². The molecule has 5 heteroatoms. The molecule has 1 heterocycles. The van der Waals surface area contributed by atoms with E-state index in [0.717, 1.165) is 17.5 Å². The van der Waals surface area contributed by atoms with Crippen LogP contribution >= 0.6 is 0 Å². The third-order valence-corrected chi connectivity index (χ3v) is 4.94. The number of fused-ring (bicyclic) bond motifs is 1. The highest BCUT2D eigenvalue weighted by molar-refractivity contribution is 5.77. The lowest BCUT2D eigenvalue weighted by atomic mass is 9.88. The zero-order valence-electron chi connectivity index (χ0n) is 16.8. The van der Waals surface area contributed by atoms with E-state index in [2.05, 4.69) is 19.2 Å². The van der Waals surface area contributed by atoms with Gasteiger partial charge in [0.2, 0.25) is 5.91 Å². The topological polar surface area (TPSA) is 58.6 Å². The van der Waals surface area contributed by atoms with Crippen LogP contribution in [-0.2, 0) is 16.0 Å². The molecule has 3 rings (SSSR count). The zero-order valence-corrected chi connectivity index (χ0v) is 16.8. The van der Waals surface area contributed by atoms with Crippen molar-refractivity contribution >= 4 is 11.8 Å². The maximum Gasteiger partial charge on any atom is 0.257 e. The number of nitrogens with zero attached hydrogens (tertiary/aromatic N) is 1. The van der Waals surface area contributed by atoms with Crippen molar-refractivity contribution in [3.05, 3.63) is 65.2 Å². The third kappa shape index (κ3) is 4.71. The van der Waals surface area contributed by atoms with E-state index in [0.29, 0.717) is 24.8 Å². The summed E-state index contributed by atoms with van der Waals surface area (Å²) in [4.78, 5) is 26.1. The molecule has 0 saturated heterocycles. The maximum absolute atomic E-state index is 12.3. The van der Waals surface area contributed by atoms with Crippen LogP contribution in [0.1, 0.15) is 43.5 Å². The van der Waals surface area contributed by atoms with Gasteiger partial charge in [0, 0.05) is 20.0 Å². The van der Waals surface area contributed by atoms with Gasteiger partial charge in [-0.25, -0.2) is 0 Å². The number of carbonyl (C=O) groups is 2. The van der Waals surface area contributed by atoms with Gasteiger partial charge >= 0.3 is 0 Å². The van der Waals surface area contributed by atoms with E-state index in [-0.39, 0.29) is 24.5 Å². The van der Waals surface area contributed by atoms with Crippen LogP contribution in [0, 0.1) is 5.92 Å². The summed E-state index contributed by atoms with van der Waals surface area (Å²) in [7, 11) is 0. The van der Waals surface area contributed by atoms with Crippen LogP contribution in [0.4, 0.5) is 0 Å². The second kappa shape index (κ2) is 8.91. The molecular formula is C23H28N2O3. The van der Waals surface area contributed by atoms with Gasteiger partial charge in [0.1, 0.15) is 5.75 Å². The molecule has 1 N–H and O–H groups in total. The fraction of sp³-hybridized carbons (Fsp3) is 0.391. The van der Waals surface area contributed by atoms with Crippen LogP contribution in [0.5, 0.6) is 5.75 Å². The first-order valence-corrected chi connectivity index (χ1v) is 9.80. The summed E-state index contributed by atoms with van der Waals surface area (Å²) in [6, 6.07) is 15.8. The standard InChI is InChI=1S/C23H28N2O3/c1-16(2)14-24-22(27)15-28-20-10-9-18-11-12-25(17(3)26)23(21(18)13-20)19-7-5-4-6-8-19/h4-10,13,16,23H,11-12,14-15H2,1-3H3,(H,24,27). The lowest BCUT2D eigenvalue weighted by Gasteiger charge is -2.37. The number of hydrogen-bond donors (Lipinski definition) is 1. The molecule has 2 aromatic carbocycles. The number of nitrogens with one attached hydrogen (secondary N) is 1. The smallest absolute Gasteiger partial charge is 0.257 e. The van der Waals surface area contributed by atoms with Gasteiger partial charge < -0.3 is 15.0 Å². The highest BCUT2D eigenvalue weighted by atomic mass is 16.5. The minimum atomic E-state index is -0.138. The van der Waals surface area contributed by atoms with Crippen molar-refractivity contribution in [3.63, 3.8) is 0 Å². The Morgan fingerprint density at radius 3 is 2.61 bits per heavy atom. The molecule has 5 nitrogen and oxygen atoms in total. The molecule has 1 aliphatic heterocycles. The molecule has 2 aromatic rings. The van der Waals surface area contributed by atoms with E-state index in [4.69, 9.17) is 4.74 Å². The summed E-state index contributed by atoms with van der Waals surface area (Å²) in [5.41, 5.74) is 3.35. The summed E-state index contributed by atoms with van der Waals surface area (Å²) in [6.45, 7) is 7.03. The number of amides is 2. The molecule has 1 atom stereocenters. The maximum atomic E-state index is 12.3. The van der Waals surface area contributed by atoms with E-state index >= 15 is 0 Å². The first-order valence-electron chi connectivity index (χ1n) is 9.80. The first kappa shape index (κ1) is 19.9. The molecule has 0 bridgehead atoms. The van der Waals surface area contributed by atoms with Crippen LogP contribution in [0.3, 0.4) is 0 Å². The van der Waals surface area contributed by atoms with Gasteiger partial charge in [-0.3, -0.25) is 9.59 Å². The first-order chi connectivity index (χ1) is 13.5. The molecule has 0 radical (unpaired) electrons. The van der Waals surface area contributed by atoms with Gasteiger partial charge in [-0.05, 0) is 41.2 Å². The highest BCUT2D eigenvalue weighted by Crippen LogP contribution is 2.37. The van der Waals surface area contributed by atoms with Crippen LogP contribution in [0.25, 0.3) is 0 Å². The van der Waals surface area contributed by atoms with Crippen molar-refractivity contribution in [1.82, 2.24) is 10.2 Å². The lowest BCUT2D eigenvalue weighted by molar-refractivity contribution is -0.130. The van der Waals surface area contributed by atoms with E-state index in [1.807, 2.05) is 53.4 Å². The van der Waals surface area contributed by atoms with Crippen LogP contribution < -0.4 is 10.1 Å². The molecule has 0 saturated carbocycles. The molecular weight excluding hydrogens is 352 g/mol. The van der Waals surface area contributed by atoms with Crippen LogP contribution in [0.15, 0.2) is 48.5 Å². The Labute approximate surface area is 166 Å². The molecule has 2 amide bonds. The van der Waals surface area contributed by atoms with E-state index in [1.54, 1.807) is 6.92 Å². The Hall–Kier alpha value is -2.82. The molecule has 148 valence electrons. The fourth-order valence-corrected chi connectivity index (χ4v) is 3.53. The fourth-order valence-electron chi connectivity index (χ4n) is 3.53. The SMILES string of the molecule is CC(=O)N1CCc2ccc(OCC(=O)NCC(C)C)cc2C1c1ccccc1. The summed E-state index contributed by atoms with van der Waals surface area (Å²) >= 11 is 0. The lowest BCUT2D eigenvalue weighted by Crippen LogP contribution is -2.39. The molecule has 0 aliphatic carbocycles. The summed E-state index contributed by atoms with van der Waals surface area (Å²) in [6.07, 6.45) is 0.813. The van der Waals surface area contributed by atoms with Crippen LogP contribution in [-0.4, -0.2) is 36.4 Å². The molecule has 0 spiro atoms. The molecule has 0 aromatic heterocycles. The van der Waals surface area contributed by atoms with Crippen molar-refractivity contribution in [2.45, 2.75) is 33.2 Å². The van der Waals surface area contributed by atoms with Gasteiger partial charge in [-0.15, -0.1) is 0 Å². The van der Waals surface area contributed by atoms with Gasteiger partial charge in [-0.1, -0.05) is 50.2 Å². The van der Waals surface area contributed by atoms with E-state index in [9.17, 15) is 9.59 Å². The normalized spacial score (nSPS) is 15.9. The third-order valence-electron chi connectivity index (χ3n) is 4.94. The van der Waals surface area contributed by atoms with Crippen molar-refractivity contribution in [1.29, 1.82) is 0 Å². The van der Waals surface area contributed by atoms with E-state index < -0.39 is 0 Å². The monoisotopic (exact) mass is 380 g/mol. The van der Waals surface area contributed by atoms with Gasteiger partial charge in [0.05, 0.1) is 6.04 Å². The van der Waals surface area contributed by atoms with Gasteiger partial charge in [0.25, 0.3) is 5.91 Å². The molecule has 1 aliphatic rings. The Balaban J connectivity index is 1.83. The Bertz CT molecular complexity index is 833. The summed E-state index contributed by atoms with van der Waals surface area (Å²) in [5, 5.41) is 2.85. The van der Waals surface area contributed by atoms with Crippen molar-refractivity contribution in [3.8, 4) is 5.75 Å². The predicted molar refractivity (Wildman–Crippen MR) is 109 cm³/mol. The summed E-state index contributed by atoms with van der Waals surface area (Å²) < 4.78 is 5.73. The Kier molecular flexibility index (Phi) is 6.34. The van der Waals surface area contributed by atoms with Crippen molar-refractivity contribution in [2.75, 3.05) is 19.7 Å². The number of rotatable bonds is 6. The highest BCUT2D eigenvalue weighted by Gasteiger charge is 2.30. The number of hydrogen-bond acceptors (Lipinski definition) is 3. The zero-order chi connectivity index (χ0) is 20.1. The number of benzene rings is 2. The largest absolute Gasteiger partial charge is 0.484 e. The number of ether oxygens (including phenoxy) is 1. The molecule has 1 unspecified atom stereocenters. The molecule has 0 fully saturated rings. The van der Waals surface area contributed by atoms with Crippen LogP contribution in [0.2, 0.25) is 0 Å². The Morgan fingerprint density at radius 2 is 1.93 bits per heavy atom. The summed E-state index contributed by atoms with van der Waals surface area (Å²) in [5.74, 6) is 0.969. The molecule has 28 heavy (non-hydrogen) atoms. The average Bonchev–Trinajstić information content (AvgIpc) is 2.70. The quantitative estimate of drug-likeness (QED) is 0.836. The minimum Gasteiger partial charge on any atom is -0.484 e. The van der Waals surface area contributed by atoms with E-state index in [1.165, 1.54) is 5.56 Å².